The normalized spacial score (nSPS) is 11.5. The van der Waals surface area contributed by atoms with E-state index in [1.165, 1.54) is 0 Å². The van der Waals surface area contributed by atoms with Crippen molar-refractivity contribution in [2.45, 2.75) is 33.6 Å². The maximum Gasteiger partial charge on any atom is 0.407 e. The van der Waals surface area contributed by atoms with E-state index in [0.29, 0.717) is 32.2 Å². The second-order valence-corrected chi connectivity index (χ2v) is 4.00. The molecule has 2 N–H and O–H groups in total. The molecule has 0 aromatic carbocycles. The van der Waals surface area contributed by atoms with Crippen molar-refractivity contribution in [1.82, 2.24) is 10.6 Å². The van der Waals surface area contributed by atoms with Crippen LogP contribution >= 0.6 is 0 Å². The zero-order chi connectivity index (χ0) is 13.8. The maximum absolute atomic E-state index is 11.0. The van der Waals surface area contributed by atoms with E-state index in [0.717, 1.165) is 12.8 Å². The molecule has 0 aliphatic carbocycles. The summed E-state index contributed by atoms with van der Waals surface area (Å²) in [5.74, 6) is 0.346. The smallest absolute Gasteiger partial charge is 0.407 e. The molecule has 1 atom stereocenters. The van der Waals surface area contributed by atoms with E-state index in [2.05, 4.69) is 10.6 Å². The van der Waals surface area contributed by atoms with E-state index >= 15 is 0 Å². The number of carbonyl (C=O) groups excluding carboxylic acids is 2. The summed E-state index contributed by atoms with van der Waals surface area (Å²) in [4.78, 5) is 22.0. The molecular formula is C12H24N2O4. The summed E-state index contributed by atoms with van der Waals surface area (Å²) in [6.45, 7) is 7.50. The van der Waals surface area contributed by atoms with Crippen LogP contribution in [0.25, 0.3) is 0 Å². The van der Waals surface area contributed by atoms with Crippen LogP contribution in [-0.4, -0.2) is 38.5 Å². The van der Waals surface area contributed by atoms with Gasteiger partial charge in [-0.1, -0.05) is 6.92 Å². The Morgan fingerprint density at radius 3 is 2.17 bits per heavy atom. The van der Waals surface area contributed by atoms with Gasteiger partial charge in [0.25, 0.3) is 0 Å². The van der Waals surface area contributed by atoms with E-state index in [-0.39, 0.29) is 12.2 Å². The van der Waals surface area contributed by atoms with E-state index in [9.17, 15) is 9.59 Å². The third-order valence-electron chi connectivity index (χ3n) is 2.29. The van der Waals surface area contributed by atoms with Crippen molar-refractivity contribution in [2.75, 3.05) is 26.3 Å². The second-order valence-electron chi connectivity index (χ2n) is 4.00. The minimum Gasteiger partial charge on any atom is -0.450 e. The van der Waals surface area contributed by atoms with E-state index in [1.54, 1.807) is 13.8 Å². The molecule has 0 aliphatic heterocycles. The fourth-order valence-electron chi connectivity index (χ4n) is 1.36. The molecule has 0 aromatic rings. The lowest BCUT2D eigenvalue weighted by Gasteiger charge is -2.12. The first kappa shape index (κ1) is 16.5. The quantitative estimate of drug-likeness (QED) is 0.653. The second kappa shape index (κ2) is 10.7. The van der Waals surface area contributed by atoms with Gasteiger partial charge in [0.05, 0.1) is 13.2 Å². The molecule has 0 radical (unpaired) electrons. The Labute approximate surface area is 108 Å². The van der Waals surface area contributed by atoms with Crippen LogP contribution in [0.3, 0.4) is 0 Å². The summed E-state index contributed by atoms with van der Waals surface area (Å²) in [7, 11) is 0. The van der Waals surface area contributed by atoms with E-state index in [1.807, 2.05) is 6.92 Å². The van der Waals surface area contributed by atoms with Gasteiger partial charge in [-0.05, 0) is 32.6 Å². The molecule has 2 amide bonds. The SMILES string of the molecule is CCOC(=O)NCCCC(C)CNC(=O)OCC. The number of carbonyl (C=O) groups is 2. The van der Waals surface area contributed by atoms with Gasteiger partial charge in [-0.2, -0.15) is 0 Å². The average molecular weight is 260 g/mol. The zero-order valence-corrected chi connectivity index (χ0v) is 11.5. The summed E-state index contributed by atoms with van der Waals surface area (Å²) in [6.07, 6.45) is 1.01. The van der Waals surface area contributed by atoms with Gasteiger partial charge in [-0.3, -0.25) is 0 Å². The van der Waals surface area contributed by atoms with Crippen LogP contribution in [0.15, 0.2) is 0 Å². The number of hydrogen-bond donors (Lipinski definition) is 2. The Morgan fingerprint density at radius 1 is 1.06 bits per heavy atom. The molecule has 0 saturated heterocycles. The van der Waals surface area contributed by atoms with Gasteiger partial charge in [-0.25, -0.2) is 9.59 Å². The highest BCUT2D eigenvalue weighted by atomic mass is 16.5. The predicted molar refractivity (Wildman–Crippen MR) is 68.4 cm³/mol. The standard InChI is InChI=1S/C12H24N2O4/c1-4-17-11(15)13-8-6-7-10(3)9-14-12(16)18-5-2/h10H,4-9H2,1-3H3,(H,13,15)(H,14,16). The fraction of sp³-hybridized carbons (Fsp3) is 0.833. The van der Waals surface area contributed by atoms with Crippen LogP contribution in [0.5, 0.6) is 0 Å². The highest BCUT2D eigenvalue weighted by Gasteiger charge is 2.06. The Balaban J connectivity index is 3.44. The zero-order valence-electron chi connectivity index (χ0n) is 11.5. The molecule has 18 heavy (non-hydrogen) atoms. The van der Waals surface area contributed by atoms with Gasteiger partial charge in [0, 0.05) is 13.1 Å². The first-order valence-electron chi connectivity index (χ1n) is 6.41. The number of ether oxygens (including phenoxy) is 2. The molecule has 0 heterocycles. The lowest BCUT2D eigenvalue weighted by molar-refractivity contribution is 0.150. The van der Waals surface area contributed by atoms with Crippen LogP contribution in [-0.2, 0) is 9.47 Å². The van der Waals surface area contributed by atoms with Crippen molar-refractivity contribution in [3.05, 3.63) is 0 Å². The first-order valence-corrected chi connectivity index (χ1v) is 6.41. The number of rotatable bonds is 8. The molecule has 0 bridgehead atoms. The van der Waals surface area contributed by atoms with Crippen molar-refractivity contribution >= 4 is 12.2 Å². The lowest BCUT2D eigenvalue weighted by atomic mass is 10.1. The molecular weight excluding hydrogens is 236 g/mol. The van der Waals surface area contributed by atoms with Crippen molar-refractivity contribution in [1.29, 1.82) is 0 Å². The van der Waals surface area contributed by atoms with Crippen molar-refractivity contribution < 1.29 is 19.1 Å². The molecule has 0 aromatic heterocycles. The molecule has 0 aliphatic rings. The minimum absolute atomic E-state index is 0.346. The van der Waals surface area contributed by atoms with Crippen molar-refractivity contribution in [2.24, 2.45) is 5.92 Å². The summed E-state index contributed by atoms with van der Waals surface area (Å²) in [5, 5.41) is 5.33. The van der Waals surface area contributed by atoms with Gasteiger partial charge in [0.2, 0.25) is 0 Å². The number of alkyl carbamates (subject to hydrolysis) is 2. The van der Waals surface area contributed by atoms with Gasteiger partial charge in [-0.15, -0.1) is 0 Å². The number of amides is 2. The summed E-state index contributed by atoms with van der Waals surface area (Å²) in [6, 6.07) is 0. The van der Waals surface area contributed by atoms with Gasteiger partial charge >= 0.3 is 12.2 Å². The number of hydrogen-bond acceptors (Lipinski definition) is 4. The lowest BCUT2D eigenvalue weighted by Crippen LogP contribution is -2.29. The van der Waals surface area contributed by atoms with Crippen LogP contribution in [0.4, 0.5) is 9.59 Å². The summed E-state index contributed by atoms with van der Waals surface area (Å²) < 4.78 is 9.48. The third-order valence-corrected chi connectivity index (χ3v) is 2.29. The van der Waals surface area contributed by atoms with Crippen molar-refractivity contribution in [3.8, 4) is 0 Å². The molecule has 1 unspecified atom stereocenters. The first-order chi connectivity index (χ1) is 8.60. The highest BCUT2D eigenvalue weighted by molar-refractivity contribution is 5.67. The predicted octanol–water partition coefficient (Wildman–Crippen LogP) is 1.89. The largest absolute Gasteiger partial charge is 0.450 e. The monoisotopic (exact) mass is 260 g/mol. The highest BCUT2D eigenvalue weighted by Crippen LogP contribution is 2.03. The van der Waals surface area contributed by atoms with Crippen LogP contribution < -0.4 is 10.6 Å². The average Bonchev–Trinajstić information content (AvgIpc) is 2.33. The fourth-order valence-corrected chi connectivity index (χ4v) is 1.36. The molecule has 0 spiro atoms. The number of nitrogens with one attached hydrogen (secondary N) is 2. The Bertz CT molecular complexity index is 246. The van der Waals surface area contributed by atoms with Gasteiger partial charge < -0.3 is 20.1 Å². The summed E-state index contributed by atoms with van der Waals surface area (Å²) >= 11 is 0. The van der Waals surface area contributed by atoms with Crippen LogP contribution in [0.1, 0.15) is 33.6 Å². The molecule has 0 rings (SSSR count). The van der Waals surface area contributed by atoms with E-state index in [4.69, 9.17) is 9.47 Å². The van der Waals surface area contributed by atoms with E-state index < -0.39 is 0 Å². The van der Waals surface area contributed by atoms with Gasteiger partial charge in [0.15, 0.2) is 0 Å². The Morgan fingerprint density at radius 2 is 1.61 bits per heavy atom. The molecule has 6 heteroatoms. The Hall–Kier alpha value is -1.46. The molecule has 106 valence electrons. The van der Waals surface area contributed by atoms with Gasteiger partial charge in [0.1, 0.15) is 0 Å². The maximum atomic E-state index is 11.0. The summed E-state index contributed by atoms with van der Waals surface area (Å²) in [5.41, 5.74) is 0. The molecule has 0 saturated carbocycles. The van der Waals surface area contributed by atoms with Crippen molar-refractivity contribution in [3.63, 3.8) is 0 Å². The van der Waals surface area contributed by atoms with Crippen LogP contribution in [0.2, 0.25) is 0 Å². The Kier molecular flexibility index (Phi) is 9.81. The molecule has 6 nitrogen and oxygen atoms in total. The minimum atomic E-state index is -0.381. The topological polar surface area (TPSA) is 76.7 Å². The molecule has 0 fully saturated rings. The van der Waals surface area contributed by atoms with Crippen LogP contribution in [0, 0.1) is 5.92 Å². The third kappa shape index (κ3) is 9.74.